The smallest absolute Gasteiger partial charge is 0.239 e. The topological polar surface area (TPSA) is 45.9 Å². The Bertz CT molecular complexity index is 595. The Labute approximate surface area is 102 Å². The lowest BCUT2D eigenvalue weighted by atomic mass is 10.3. The maximum atomic E-state index is 13.3. The van der Waals surface area contributed by atoms with Crippen molar-refractivity contribution in [1.82, 2.24) is 4.98 Å². The number of aromatic nitrogens is 1. The Morgan fingerprint density at radius 1 is 1.29 bits per heavy atom. The van der Waals surface area contributed by atoms with E-state index in [1.807, 2.05) is 6.07 Å². The first-order valence-corrected chi connectivity index (χ1v) is 5.07. The second-order valence-electron chi connectivity index (χ2n) is 3.12. The molecule has 0 saturated heterocycles. The zero-order valence-electron chi connectivity index (χ0n) is 8.52. The predicted molar refractivity (Wildman–Crippen MR) is 60.4 cm³/mol. The van der Waals surface area contributed by atoms with Gasteiger partial charge in [0.25, 0.3) is 0 Å². The Hall–Kier alpha value is -2.12. The zero-order valence-corrected chi connectivity index (χ0v) is 9.28. The van der Waals surface area contributed by atoms with Crippen LogP contribution in [0.25, 0.3) is 0 Å². The molecule has 5 heteroatoms. The van der Waals surface area contributed by atoms with E-state index < -0.39 is 5.82 Å². The van der Waals surface area contributed by atoms with E-state index in [9.17, 15) is 4.39 Å². The highest BCUT2D eigenvalue weighted by Gasteiger charge is 2.11. The second kappa shape index (κ2) is 4.81. The molecule has 1 heterocycles. The van der Waals surface area contributed by atoms with Gasteiger partial charge in [0.05, 0.1) is 5.56 Å². The van der Waals surface area contributed by atoms with Gasteiger partial charge in [-0.3, -0.25) is 0 Å². The minimum absolute atomic E-state index is 0.0100. The highest BCUT2D eigenvalue weighted by Crippen LogP contribution is 2.30. The van der Waals surface area contributed by atoms with E-state index in [0.29, 0.717) is 0 Å². The van der Waals surface area contributed by atoms with Gasteiger partial charge >= 0.3 is 0 Å². The second-order valence-corrected chi connectivity index (χ2v) is 3.50. The average molecular weight is 249 g/mol. The van der Waals surface area contributed by atoms with Crippen LogP contribution in [-0.2, 0) is 0 Å². The van der Waals surface area contributed by atoms with E-state index in [2.05, 4.69) is 4.98 Å². The number of rotatable bonds is 2. The summed E-state index contributed by atoms with van der Waals surface area (Å²) in [7, 11) is 0. The van der Waals surface area contributed by atoms with Crippen molar-refractivity contribution in [3.63, 3.8) is 0 Å². The molecule has 0 aliphatic rings. The molecule has 3 nitrogen and oxygen atoms in total. The van der Waals surface area contributed by atoms with Gasteiger partial charge in [0.2, 0.25) is 5.88 Å². The van der Waals surface area contributed by atoms with Gasteiger partial charge in [0.15, 0.2) is 11.6 Å². The van der Waals surface area contributed by atoms with E-state index in [0.717, 1.165) is 0 Å². The van der Waals surface area contributed by atoms with Crippen LogP contribution in [-0.4, -0.2) is 4.98 Å². The van der Waals surface area contributed by atoms with E-state index in [4.69, 9.17) is 21.6 Å². The SMILES string of the molecule is N#Cc1ccnc(Oc2ccccc2F)c1Cl. The maximum Gasteiger partial charge on any atom is 0.239 e. The van der Waals surface area contributed by atoms with Gasteiger partial charge in [-0.1, -0.05) is 23.7 Å². The number of nitrogens with zero attached hydrogens (tertiary/aromatic N) is 2. The van der Waals surface area contributed by atoms with E-state index in [1.165, 1.54) is 24.4 Å². The number of ether oxygens (including phenoxy) is 1. The van der Waals surface area contributed by atoms with E-state index in [-0.39, 0.29) is 22.2 Å². The molecule has 2 aromatic rings. The highest BCUT2D eigenvalue weighted by atomic mass is 35.5. The minimum Gasteiger partial charge on any atom is -0.434 e. The lowest BCUT2D eigenvalue weighted by Gasteiger charge is -2.07. The molecule has 0 saturated carbocycles. The lowest BCUT2D eigenvalue weighted by Crippen LogP contribution is -1.92. The summed E-state index contributed by atoms with van der Waals surface area (Å²) in [5.41, 5.74) is 0.230. The molecule has 0 fully saturated rings. The molecule has 0 amide bonds. The van der Waals surface area contributed by atoms with Crippen molar-refractivity contribution >= 4 is 11.6 Å². The molecule has 0 atom stereocenters. The van der Waals surface area contributed by atoms with E-state index in [1.54, 1.807) is 12.1 Å². The van der Waals surface area contributed by atoms with Gasteiger partial charge in [-0.15, -0.1) is 0 Å². The van der Waals surface area contributed by atoms with Gasteiger partial charge in [0, 0.05) is 6.20 Å². The Morgan fingerprint density at radius 2 is 2.06 bits per heavy atom. The van der Waals surface area contributed by atoms with Crippen molar-refractivity contribution in [1.29, 1.82) is 5.26 Å². The minimum atomic E-state index is -0.521. The predicted octanol–water partition coefficient (Wildman–Crippen LogP) is 3.54. The molecular weight excluding hydrogens is 243 g/mol. The van der Waals surface area contributed by atoms with Crippen LogP contribution in [0.5, 0.6) is 11.6 Å². The number of pyridine rings is 1. The molecule has 0 radical (unpaired) electrons. The van der Waals surface area contributed by atoms with Crippen LogP contribution in [0.2, 0.25) is 5.02 Å². The first-order valence-electron chi connectivity index (χ1n) is 4.69. The molecule has 84 valence electrons. The molecule has 0 spiro atoms. The third kappa shape index (κ3) is 2.35. The lowest BCUT2D eigenvalue weighted by molar-refractivity contribution is 0.427. The van der Waals surface area contributed by atoms with Gasteiger partial charge in [-0.05, 0) is 18.2 Å². The van der Waals surface area contributed by atoms with Crippen molar-refractivity contribution in [3.8, 4) is 17.7 Å². The quantitative estimate of drug-likeness (QED) is 0.817. The first kappa shape index (κ1) is 11.4. The third-order valence-corrected chi connectivity index (χ3v) is 2.39. The van der Waals surface area contributed by atoms with Crippen LogP contribution in [0.3, 0.4) is 0 Å². The number of para-hydroxylation sites is 1. The summed E-state index contributed by atoms with van der Waals surface area (Å²) in [6, 6.07) is 9.23. The third-order valence-electron chi connectivity index (χ3n) is 2.02. The first-order chi connectivity index (χ1) is 8.22. The van der Waals surface area contributed by atoms with Crippen molar-refractivity contribution < 1.29 is 9.13 Å². The normalized spacial score (nSPS) is 9.71. The largest absolute Gasteiger partial charge is 0.434 e. The van der Waals surface area contributed by atoms with Crippen molar-refractivity contribution in [2.75, 3.05) is 0 Å². The molecule has 2 rings (SSSR count). The highest BCUT2D eigenvalue weighted by molar-refractivity contribution is 6.33. The van der Waals surface area contributed by atoms with Crippen LogP contribution >= 0.6 is 11.6 Å². The molecule has 0 bridgehead atoms. The molecule has 0 aliphatic heterocycles. The fourth-order valence-corrected chi connectivity index (χ4v) is 1.41. The number of hydrogen-bond donors (Lipinski definition) is 0. The summed E-state index contributed by atoms with van der Waals surface area (Å²) in [5.74, 6) is -0.500. The monoisotopic (exact) mass is 248 g/mol. The number of hydrogen-bond acceptors (Lipinski definition) is 3. The molecule has 1 aromatic carbocycles. The standard InChI is InChI=1S/C12H6ClFN2O/c13-11-8(7-15)5-6-16-12(11)17-10-4-2-1-3-9(10)14/h1-6H. The Morgan fingerprint density at radius 3 is 2.76 bits per heavy atom. The van der Waals surface area contributed by atoms with Gasteiger partial charge < -0.3 is 4.74 Å². The zero-order chi connectivity index (χ0) is 12.3. The van der Waals surface area contributed by atoms with Crippen LogP contribution in [0.4, 0.5) is 4.39 Å². The number of nitriles is 1. The summed E-state index contributed by atoms with van der Waals surface area (Å²) in [5, 5.41) is 8.84. The summed E-state index contributed by atoms with van der Waals surface area (Å²) in [6.45, 7) is 0. The summed E-state index contributed by atoms with van der Waals surface area (Å²) >= 11 is 5.88. The number of halogens is 2. The van der Waals surface area contributed by atoms with Crippen molar-refractivity contribution in [2.24, 2.45) is 0 Å². The summed E-state index contributed by atoms with van der Waals surface area (Å²) in [4.78, 5) is 3.85. The van der Waals surface area contributed by atoms with Crippen molar-refractivity contribution in [2.45, 2.75) is 0 Å². The Balaban J connectivity index is 2.38. The van der Waals surface area contributed by atoms with Gasteiger partial charge in [0.1, 0.15) is 11.1 Å². The van der Waals surface area contributed by atoms with Crippen LogP contribution in [0, 0.1) is 17.1 Å². The fourth-order valence-electron chi connectivity index (χ4n) is 1.21. The van der Waals surface area contributed by atoms with Crippen molar-refractivity contribution in [3.05, 3.63) is 52.9 Å². The summed E-state index contributed by atoms with van der Waals surface area (Å²) < 4.78 is 18.5. The van der Waals surface area contributed by atoms with E-state index >= 15 is 0 Å². The van der Waals surface area contributed by atoms with Crippen LogP contribution < -0.4 is 4.74 Å². The summed E-state index contributed by atoms with van der Waals surface area (Å²) in [6.07, 6.45) is 1.38. The fraction of sp³-hybridized carbons (Fsp3) is 0. The van der Waals surface area contributed by atoms with Crippen LogP contribution in [0.15, 0.2) is 36.5 Å². The molecule has 1 aromatic heterocycles. The van der Waals surface area contributed by atoms with Gasteiger partial charge in [-0.2, -0.15) is 5.26 Å². The molecule has 0 N–H and O–H groups in total. The van der Waals surface area contributed by atoms with Gasteiger partial charge in [-0.25, -0.2) is 9.37 Å². The number of benzene rings is 1. The molecule has 0 unspecified atom stereocenters. The van der Waals surface area contributed by atoms with Crippen LogP contribution in [0.1, 0.15) is 5.56 Å². The molecular formula is C12H6ClFN2O. The Kier molecular flexibility index (Phi) is 3.22. The average Bonchev–Trinajstić information content (AvgIpc) is 2.34. The maximum absolute atomic E-state index is 13.3. The molecule has 17 heavy (non-hydrogen) atoms. The molecule has 0 aliphatic carbocycles.